The van der Waals surface area contributed by atoms with E-state index in [0.29, 0.717) is 5.16 Å². The summed E-state index contributed by atoms with van der Waals surface area (Å²) in [7, 11) is 0. The molecule has 1 amide bonds. The quantitative estimate of drug-likeness (QED) is 0.464. The average Bonchev–Trinajstić information content (AvgIpc) is 3.11. The van der Waals surface area contributed by atoms with Crippen LogP contribution in [-0.4, -0.2) is 21.6 Å². The highest BCUT2D eigenvalue weighted by atomic mass is 32.2. The summed E-state index contributed by atoms with van der Waals surface area (Å²) in [4.78, 5) is 22.2. The van der Waals surface area contributed by atoms with E-state index in [-0.39, 0.29) is 11.7 Å². The smallest absolute Gasteiger partial charge is 0.234 e. The maximum absolute atomic E-state index is 12.2. The van der Waals surface area contributed by atoms with Crippen molar-refractivity contribution in [3.8, 4) is 0 Å². The number of nitrogens with zero attached hydrogens (tertiary/aromatic N) is 2. The number of rotatable bonds is 7. The van der Waals surface area contributed by atoms with E-state index in [4.69, 9.17) is 0 Å². The molecule has 0 atom stereocenters. The van der Waals surface area contributed by atoms with Crippen molar-refractivity contribution in [1.29, 1.82) is 0 Å². The van der Waals surface area contributed by atoms with Crippen LogP contribution in [0, 0.1) is 13.8 Å². The van der Waals surface area contributed by atoms with Crippen molar-refractivity contribution in [2.45, 2.75) is 25.5 Å². The molecule has 0 radical (unpaired) electrons. The van der Waals surface area contributed by atoms with Gasteiger partial charge < -0.3 is 10.6 Å². The molecule has 2 aromatic heterocycles. The predicted molar refractivity (Wildman–Crippen MR) is 109 cm³/mol. The number of hydrogen-bond donors (Lipinski definition) is 2. The predicted octanol–water partition coefficient (Wildman–Crippen LogP) is 4.50. The Morgan fingerprint density at radius 3 is 2.58 bits per heavy atom. The minimum absolute atomic E-state index is 0.0758. The van der Waals surface area contributed by atoms with Crippen LogP contribution in [0.3, 0.4) is 0 Å². The van der Waals surface area contributed by atoms with E-state index in [1.807, 2.05) is 50.2 Å². The molecular formula is C19H20N4OS2. The van der Waals surface area contributed by atoms with Gasteiger partial charge in [-0.15, -0.1) is 11.3 Å². The molecule has 5 nitrogen and oxygen atoms in total. The number of benzene rings is 1. The second-order valence-electron chi connectivity index (χ2n) is 5.78. The van der Waals surface area contributed by atoms with Gasteiger partial charge in [0.2, 0.25) is 5.91 Å². The molecule has 0 unspecified atom stereocenters. The fourth-order valence-electron chi connectivity index (χ4n) is 2.39. The summed E-state index contributed by atoms with van der Waals surface area (Å²) in [5.41, 5.74) is 3.56. The van der Waals surface area contributed by atoms with E-state index in [9.17, 15) is 4.79 Å². The number of aromatic nitrogens is 2. The molecule has 0 aliphatic rings. The molecule has 0 saturated carbocycles. The Labute approximate surface area is 161 Å². The zero-order valence-electron chi connectivity index (χ0n) is 14.7. The van der Waals surface area contributed by atoms with E-state index >= 15 is 0 Å². The molecule has 0 bridgehead atoms. The highest BCUT2D eigenvalue weighted by Gasteiger charge is 2.07. The largest absolute Gasteiger partial charge is 0.380 e. The molecule has 2 N–H and O–H groups in total. The third-order valence-electron chi connectivity index (χ3n) is 3.49. The number of thioether (sulfide) groups is 1. The topological polar surface area (TPSA) is 66.9 Å². The van der Waals surface area contributed by atoms with Gasteiger partial charge in [-0.3, -0.25) is 4.79 Å². The van der Waals surface area contributed by atoms with Crippen LogP contribution in [-0.2, 0) is 11.3 Å². The third kappa shape index (κ3) is 5.57. The first-order valence-corrected chi connectivity index (χ1v) is 10.1. The van der Waals surface area contributed by atoms with Crippen LogP contribution in [0.4, 0.5) is 11.4 Å². The molecule has 0 aliphatic carbocycles. The van der Waals surface area contributed by atoms with Crippen molar-refractivity contribution in [3.63, 3.8) is 0 Å². The van der Waals surface area contributed by atoms with Crippen molar-refractivity contribution < 1.29 is 4.79 Å². The lowest BCUT2D eigenvalue weighted by atomic mass is 10.2. The number of carbonyl (C=O) groups is 1. The first-order chi connectivity index (χ1) is 12.6. The Hall–Kier alpha value is -2.38. The second-order valence-corrected chi connectivity index (χ2v) is 7.76. The minimum Gasteiger partial charge on any atom is -0.380 e. The van der Waals surface area contributed by atoms with E-state index in [1.165, 1.54) is 16.6 Å². The van der Waals surface area contributed by atoms with Crippen LogP contribution in [0.2, 0.25) is 0 Å². The molecule has 0 aliphatic heterocycles. The molecule has 0 spiro atoms. The third-order valence-corrected chi connectivity index (χ3v) is 5.21. The number of nitrogens with one attached hydrogen (secondary N) is 2. The first kappa shape index (κ1) is 18.4. The van der Waals surface area contributed by atoms with E-state index in [1.54, 1.807) is 11.3 Å². The van der Waals surface area contributed by atoms with Gasteiger partial charge in [0, 0.05) is 34.2 Å². The van der Waals surface area contributed by atoms with Crippen LogP contribution in [0.15, 0.2) is 53.0 Å². The fourth-order valence-corrected chi connectivity index (χ4v) is 3.79. The number of carbonyl (C=O) groups excluding carboxylic acids is 1. The maximum atomic E-state index is 12.2. The molecule has 1 aromatic carbocycles. The normalized spacial score (nSPS) is 10.5. The Morgan fingerprint density at radius 2 is 1.85 bits per heavy atom. The number of hydrogen-bond acceptors (Lipinski definition) is 6. The standard InChI is InChI=1S/C19H20N4OS2/c1-13-9-14(2)22-19(21-13)26-12-18(24)23-16-6-3-5-15(10-16)20-11-17-7-4-8-25-17/h3-10,20H,11-12H2,1-2H3,(H,23,24). The summed E-state index contributed by atoms with van der Waals surface area (Å²) in [6, 6.07) is 13.8. The Morgan fingerprint density at radius 1 is 1.08 bits per heavy atom. The molecule has 134 valence electrons. The molecule has 3 aromatic rings. The summed E-state index contributed by atoms with van der Waals surface area (Å²) in [6.45, 7) is 4.62. The van der Waals surface area contributed by atoms with Crippen molar-refractivity contribution >= 4 is 40.4 Å². The zero-order chi connectivity index (χ0) is 18.4. The Bertz CT molecular complexity index is 861. The van der Waals surface area contributed by atoms with E-state index < -0.39 is 0 Å². The van der Waals surface area contributed by atoms with Gasteiger partial charge in [0.25, 0.3) is 0 Å². The lowest BCUT2D eigenvalue weighted by Crippen LogP contribution is -2.14. The lowest BCUT2D eigenvalue weighted by molar-refractivity contribution is -0.113. The summed E-state index contributed by atoms with van der Waals surface area (Å²) < 4.78 is 0. The van der Waals surface area contributed by atoms with Gasteiger partial charge in [-0.1, -0.05) is 23.9 Å². The van der Waals surface area contributed by atoms with Crippen molar-refractivity contribution in [3.05, 3.63) is 64.1 Å². The molecule has 7 heteroatoms. The second kappa shape index (κ2) is 8.82. The van der Waals surface area contributed by atoms with Gasteiger partial charge in [0.05, 0.1) is 5.75 Å². The summed E-state index contributed by atoms with van der Waals surface area (Å²) >= 11 is 3.06. The number of thiophene rings is 1. The summed E-state index contributed by atoms with van der Waals surface area (Å²) in [5.74, 6) is 0.198. The van der Waals surface area contributed by atoms with Crippen LogP contribution < -0.4 is 10.6 Å². The number of anilines is 2. The number of amides is 1. The van der Waals surface area contributed by atoms with Crippen LogP contribution in [0.25, 0.3) is 0 Å². The molecule has 26 heavy (non-hydrogen) atoms. The van der Waals surface area contributed by atoms with Gasteiger partial charge in [0.1, 0.15) is 0 Å². The van der Waals surface area contributed by atoms with Gasteiger partial charge in [-0.25, -0.2) is 9.97 Å². The highest BCUT2D eigenvalue weighted by Crippen LogP contribution is 2.19. The lowest BCUT2D eigenvalue weighted by Gasteiger charge is -2.09. The van der Waals surface area contributed by atoms with Gasteiger partial charge in [0.15, 0.2) is 5.16 Å². The van der Waals surface area contributed by atoms with Crippen LogP contribution >= 0.6 is 23.1 Å². The highest BCUT2D eigenvalue weighted by molar-refractivity contribution is 7.99. The maximum Gasteiger partial charge on any atom is 0.234 e. The fraction of sp³-hybridized carbons (Fsp3) is 0.211. The zero-order valence-corrected chi connectivity index (χ0v) is 16.3. The molecule has 0 saturated heterocycles. The summed E-state index contributed by atoms with van der Waals surface area (Å²) in [5, 5.41) is 8.98. The van der Waals surface area contributed by atoms with Gasteiger partial charge in [-0.2, -0.15) is 0 Å². The average molecular weight is 385 g/mol. The molecule has 3 rings (SSSR count). The first-order valence-electron chi connectivity index (χ1n) is 8.20. The summed E-state index contributed by atoms with van der Waals surface area (Å²) in [6.07, 6.45) is 0. The van der Waals surface area contributed by atoms with E-state index in [2.05, 4.69) is 32.0 Å². The van der Waals surface area contributed by atoms with Gasteiger partial charge in [-0.05, 0) is 49.6 Å². The van der Waals surface area contributed by atoms with Crippen molar-refractivity contribution in [2.75, 3.05) is 16.4 Å². The number of aryl methyl sites for hydroxylation is 2. The van der Waals surface area contributed by atoms with Crippen LogP contribution in [0.5, 0.6) is 0 Å². The van der Waals surface area contributed by atoms with Crippen molar-refractivity contribution in [2.24, 2.45) is 0 Å². The van der Waals surface area contributed by atoms with Crippen LogP contribution in [0.1, 0.15) is 16.3 Å². The minimum atomic E-state index is -0.0758. The van der Waals surface area contributed by atoms with Gasteiger partial charge >= 0.3 is 0 Å². The van der Waals surface area contributed by atoms with Crippen molar-refractivity contribution in [1.82, 2.24) is 9.97 Å². The molecule has 2 heterocycles. The molecule has 0 fully saturated rings. The van der Waals surface area contributed by atoms with E-state index in [0.717, 1.165) is 29.3 Å². The monoisotopic (exact) mass is 384 g/mol. The Kier molecular flexibility index (Phi) is 6.25. The SMILES string of the molecule is Cc1cc(C)nc(SCC(=O)Nc2cccc(NCc3cccs3)c2)n1. The Balaban J connectivity index is 1.52. The molecular weight excluding hydrogens is 364 g/mol.